The predicted octanol–water partition coefficient (Wildman–Crippen LogP) is 3.45. The molecule has 0 amide bonds. The van der Waals surface area contributed by atoms with Gasteiger partial charge in [0.25, 0.3) is 0 Å². The van der Waals surface area contributed by atoms with Crippen molar-refractivity contribution in [3.8, 4) is 0 Å². The molecular weight excluding hydrogens is 324 g/mol. The lowest BCUT2D eigenvalue weighted by molar-refractivity contribution is 0.0599. The smallest absolute Gasteiger partial charge is 0.341 e. The molecule has 5 nitrogen and oxygen atoms in total. The minimum absolute atomic E-state index is 0.390. The molecule has 6 heteroatoms. The number of halogens is 1. The van der Waals surface area contributed by atoms with Crippen LogP contribution in [0.5, 0.6) is 0 Å². The highest BCUT2D eigenvalue weighted by atomic mass is 79.9. The average Bonchev–Trinajstić information content (AvgIpc) is 2.78. The first-order valence-electron chi connectivity index (χ1n) is 6.06. The van der Waals surface area contributed by atoms with Crippen LogP contribution in [-0.2, 0) is 11.3 Å². The second kappa shape index (κ2) is 6.09. The summed E-state index contributed by atoms with van der Waals surface area (Å²) in [4.78, 5) is 15.8. The highest BCUT2D eigenvalue weighted by molar-refractivity contribution is 9.10. The van der Waals surface area contributed by atoms with Crippen LogP contribution in [0.1, 0.15) is 27.6 Å². The van der Waals surface area contributed by atoms with Crippen LogP contribution in [0.3, 0.4) is 0 Å². The Labute approximate surface area is 125 Å². The third-order valence-corrected chi connectivity index (χ3v) is 3.32. The van der Waals surface area contributed by atoms with Crippen molar-refractivity contribution in [2.45, 2.75) is 20.4 Å². The van der Waals surface area contributed by atoms with Gasteiger partial charge in [-0.1, -0.05) is 0 Å². The van der Waals surface area contributed by atoms with Crippen LogP contribution in [0.15, 0.2) is 27.2 Å². The highest BCUT2D eigenvalue weighted by Crippen LogP contribution is 2.19. The molecule has 0 atom stereocenters. The second-order valence-corrected chi connectivity index (χ2v) is 5.11. The van der Waals surface area contributed by atoms with Gasteiger partial charge in [-0.3, -0.25) is 0 Å². The zero-order chi connectivity index (χ0) is 14.7. The summed E-state index contributed by atoms with van der Waals surface area (Å²) < 4.78 is 11.0. The number of pyridine rings is 1. The Morgan fingerprint density at radius 1 is 1.45 bits per heavy atom. The molecule has 2 rings (SSSR count). The van der Waals surface area contributed by atoms with Gasteiger partial charge in [0.2, 0.25) is 0 Å². The van der Waals surface area contributed by atoms with Crippen LogP contribution < -0.4 is 5.32 Å². The summed E-state index contributed by atoms with van der Waals surface area (Å²) in [5.74, 6) is 0.837. The van der Waals surface area contributed by atoms with Crippen LogP contribution in [0, 0.1) is 13.8 Å². The summed E-state index contributed by atoms with van der Waals surface area (Å²) in [6, 6.07) is 5.49. The lowest BCUT2D eigenvalue weighted by Crippen LogP contribution is -2.02. The number of nitrogens with one attached hydrogen (secondary N) is 1. The molecule has 0 radical (unpaired) electrons. The number of nitrogens with zero attached hydrogens (tertiary/aromatic N) is 1. The quantitative estimate of drug-likeness (QED) is 0.683. The molecule has 2 aromatic heterocycles. The number of aryl methyl sites for hydroxylation is 2. The van der Waals surface area contributed by atoms with E-state index in [2.05, 4.69) is 26.2 Å². The van der Waals surface area contributed by atoms with Crippen molar-refractivity contribution in [3.05, 3.63) is 45.6 Å². The van der Waals surface area contributed by atoms with E-state index in [4.69, 9.17) is 9.15 Å². The molecule has 2 aromatic rings. The highest BCUT2D eigenvalue weighted by Gasteiger charge is 2.15. The zero-order valence-corrected chi connectivity index (χ0v) is 13.1. The standard InChI is InChI=1S/C14H15BrN2O3/c1-8-12(4-5-13(15)17-8)16-7-10-6-11(9(2)20-10)14(18)19-3/h4-6,16H,7H2,1-3H3. The van der Waals surface area contributed by atoms with E-state index in [1.54, 1.807) is 13.0 Å². The van der Waals surface area contributed by atoms with Gasteiger partial charge in [0.05, 0.1) is 25.0 Å². The lowest BCUT2D eigenvalue weighted by Gasteiger charge is -2.07. The van der Waals surface area contributed by atoms with Crippen LogP contribution in [0.25, 0.3) is 0 Å². The number of anilines is 1. The Morgan fingerprint density at radius 2 is 2.20 bits per heavy atom. The minimum atomic E-state index is -0.390. The molecule has 0 aliphatic heterocycles. The van der Waals surface area contributed by atoms with Crippen LogP contribution >= 0.6 is 15.9 Å². The van der Waals surface area contributed by atoms with E-state index >= 15 is 0 Å². The van der Waals surface area contributed by atoms with E-state index in [0.717, 1.165) is 16.0 Å². The number of methoxy groups -OCH3 is 1. The summed E-state index contributed by atoms with van der Waals surface area (Å²) in [6.45, 7) is 4.13. The van der Waals surface area contributed by atoms with E-state index in [-0.39, 0.29) is 5.97 Å². The first-order valence-corrected chi connectivity index (χ1v) is 6.85. The Morgan fingerprint density at radius 3 is 2.85 bits per heavy atom. The van der Waals surface area contributed by atoms with Gasteiger partial charge in [-0.05, 0) is 48.0 Å². The van der Waals surface area contributed by atoms with Crippen molar-refractivity contribution < 1.29 is 13.9 Å². The van der Waals surface area contributed by atoms with Gasteiger partial charge in [-0.25, -0.2) is 9.78 Å². The molecule has 0 saturated heterocycles. The number of esters is 1. The van der Waals surface area contributed by atoms with Crippen molar-refractivity contribution in [2.75, 3.05) is 12.4 Å². The molecule has 106 valence electrons. The van der Waals surface area contributed by atoms with Gasteiger partial charge in [0, 0.05) is 0 Å². The van der Waals surface area contributed by atoms with Gasteiger partial charge < -0.3 is 14.5 Å². The molecule has 0 bridgehead atoms. The van der Waals surface area contributed by atoms with Crippen molar-refractivity contribution in [3.63, 3.8) is 0 Å². The number of hydrogen-bond donors (Lipinski definition) is 1. The van der Waals surface area contributed by atoms with Crippen LogP contribution in [0.4, 0.5) is 5.69 Å². The summed E-state index contributed by atoms with van der Waals surface area (Å²) in [6.07, 6.45) is 0. The number of furan rings is 1. The Balaban J connectivity index is 2.09. The number of hydrogen-bond acceptors (Lipinski definition) is 5. The largest absolute Gasteiger partial charge is 0.465 e. The molecular formula is C14H15BrN2O3. The number of rotatable bonds is 4. The minimum Gasteiger partial charge on any atom is -0.465 e. The summed E-state index contributed by atoms with van der Waals surface area (Å²) in [7, 11) is 1.35. The molecule has 0 fully saturated rings. The first-order chi connectivity index (χ1) is 9.51. The molecule has 0 aliphatic carbocycles. The van der Waals surface area contributed by atoms with Gasteiger partial charge in [-0.2, -0.15) is 0 Å². The Kier molecular flexibility index (Phi) is 4.44. The van der Waals surface area contributed by atoms with E-state index in [1.165, 1.54) is 7.11 Å². The molecule has 0 spiro atoms. The molecule has 0 aliphatic rings. The maximum atomic E-state index is 11.5. The maximum Gasteiger partial charge on any atom is 0.341 e. The Hall–Kier alpha value is -1.82. The van der Waals surface area contributed by atoms with Gasteiger partial charge in [-0.15, -0.1) is 0 Å². The monoisotopic (exact) mass is 338 g/mol. The topological polar surface area (TPSA) is 64.4 Å². The van der Waals surface area contributed by atoms with Crippen molar-refractivity contribution in [1.82, 2.24) is 4.98 Å². The van der Waals surface area contributed by atoms with Gasteiger partial charge >= 0.3 is 5.97 Å². The molecule has 0 unspecified atom stereocenters. The number of carbonyl (C=O) groups is 1. The van der Waals surface area contributed by atoms with E-state index in [0.29, 0.717) is 23.6 Å². The summed E-state index contributed by atoms with van der Waals surface area (Å²) >= 11 is 3.32. The molecule has 20 heavy (non-hydrogen) atoms. The fourth-order valence-electron chi connectivity index (χ4n) is 1.84. The van der Waals surface area contributed by atoms with Crippen molar-refractivity contribution >= 4 is 27.6 Å². The summed E-state index contributed by atoms with van der Waals surface area (Å²) in [5, 5.41) is 3.22. The normalized spacial score (nSPS) is 10.4. The third-order valence-electron chi connectivity index (χ3n) is 2.88. The van der Waals surface area contributed by atoms with Gasteiger partial charge in [0.15, 0.2) is 0 Å². The average molecular weight is 339 g/mol. The van der Waals surface area contributed by atoms with E-state index in [1.807, 2.05) is 19.1 Å². The van der Waals surface area contributed by atoms with E-state index < -0.39 is 0 Å². The molecule has 0 aromatic carbocycles. The van der Waals surface area contributed by atoms with Crippen molar-refractivity contribution in [1.29, 1.82) is 0 Å². The number of aromatic nitrogens is 1. The Bertz CT molecular complexity index is 637. The van der Waals surface area contributed by atoms with Gasteiger partial charge in [0.1, 0.15) is 21.7 Å². The maximum absolute atomic E-state index is 11.5. The molecule has 1 N–H and O–H groups in total. The predicted molar refractivity (Wildman–Crippen MR) is 78.8 cm³/mol. The zero-order valence-electron chi connectivity index (χ0n) is 11.5. The second-order valence-electron chi connectivity index (χ2n) is 4.29. The summed E-state index contributed by atoms with van der Waals surface area (Å²) in [5.41, 5.74) is 2.26. The number of ether oxygens (including phenoxy) is 1. The molecule has 2 heterocycles. The molecule has 0 saturated carbocycles. The van der Waals surface area contributed by atoms with Crippen LogP contribution in [-0.4, -0.2) is 18.1 Å². The third kappa shape index (κ3) is 3.19. The van der Waals surface area contributed by atoms with Crippen LogP contribution in [0.2, 0.25) is 0 Å². The fraction of sp³-hybridized carbons (Fsp3) is 0.286. The first kappa shape index (κ1) is 14.6. The van der Waals surface area contributed by atoms with E-state index in [9.17, 15) is 4.79 Å². The number of carbonyl (C=O) groups excluding carboxylic acids is 1. The van der Waals surface area contributed by atoms with Crippen molar-refractivity contribution in [2.24, 2.45) is 0 Å². The lowest BCUT2D eigenvalue weighted by atomic mass is 10.2. The fourth-order valence-corrected chi connectivity index (χ4v) is 2.24. The SMILES string of the molecule is COC(=O)c1cc(CNc2ccc(Br)nc2C)oc1C.